The van der Waals surface area contributed by atoms with Gasteiger partial charge in [0.1, 0.15) is 11.8 Å². The summed E-state index contributed by atoms with van der Waals surface area (Å²) in [5, 5.41) is 2.96. The molecule has 172 valence electrons. The highest BCUT2D eigenvalue weighted by molar-refractivity contribution is 7.91. The van der Waals surface area contributed by atoms with Crippen LogP contribution in [-0.4, -0.2) is 50.9 Å². The van der Waals surface area contributed by atoms with Crippen LogP contribution in [0.25, 0.3) is 0 Å². The Bertz CT molecular complexity index is 1180. The molecule has 1 amide bonds. The third-order valence-electron chi connectivity index (χ3n) is 5.53. The molecule has 1 aliphatic rings. The van der Waals surface area contributed by atoms with Crippen molar-refractivity contribution in [2.24, 2.45) is 0 Å². The van der Waals surface area contributed by atoms with Crippen molar-refractivity contribution < 1.29 is 22.7 Å². The molecule has 1 atom stereocenters. The Morgan fingerprint density at radius 1 is 0.879 bits per heavy atom. The van der Waals surface area contributed by atoms with Gasteiger partial charge in [0.25, 0.3) is 0 Å². The number of hydrogen-bond acceptors (Lipinski definition) is 6. The zero-order valence-electron chi connectivity index (χ0n) is 18.3. The van der Waals surface area contributed by atoms with E-state index in [1.54, 1.807) is 31.4 Å². The smallest absolute Gasteiger partial charge is 0.246 e. The lowest BCUT2D eigenvalue weighted by atomic mass is 10.0. The Morgan fingerprint density at radius 2 is 1.48 bits per heavy atom. The summed E-state index contributed by atoms with van der Waals surface area (Å²) in [5.41, 5.74) is 1.45. The second kappa shape index (κ2) is 10.1. The van der Waals surface area contributed by atoms with Gasteiger partial charge >= 0.3 is 0 Å². The molecule has 33 heavy (non-hydrogen) atoms. The first-order valence-electron chi connectivity index (χ1n) is 10.7. The van der Waals surface area contributed by atoms with Gasteiger partial charge in [0.2, 0.25) is 5.91 Å². The number of methoxy groups -OCH3 is 1. The third kappa shape index (κ3) is 5.71. The van der Waals surface area contributed by atoms with E-state index in [1.165, 1.54) is 0 Å². The third-order valence-corrected chi connectivity index (χ3v) is 7.14. The minimum Gasteiger partial charge on any atom is -0.493 e. The molecule has 0 spiro atoms. The lowest BCUT2D eigenvalue weighted by Gasteiger charge is -2.33. The van der Waals surface area contributed by atoms with Crippen molar-refractivity contribution >= 4 is 21.4 Å². The highest BCUT2D eigenvalue weighted by atomic mass is 32.2. The first kappa shape index (κ1) is 22.8. The average Bonchev–Trinajstić information content (AvgIpc) is 2.82. The number of para-hydroxylation sites is 2. The standard InChI is InChI=1S/C25H26N2O5S/c1-31-22-9-5-6-10-23(22)32-21-13-11-20(12-14-21)26-25(28)24(19-7-3-2-4-8-19)27-15-17-33(29,30)18-16-27/h2-14,24H,15-18H2,1H3,(H,26,28). The van der Waals surface area contributed by atoms with E-state index in [0.29, 0.717) is 36.0 Å². The number of amides is 1. The van der Waals surface area contributed by atoms with Gasteiger partial charge in [-0.05, 0) is 42.0 Å². The van der Waals surface area contributed by atoms with Gasteiger partial charge in [-0.1, -0.05) is 42.5 Å². The minimum absolute atomic E-state index is 0.0542. The molecule has 0 aliphatic carbocycles. The molecule has 4 rings (SSSR count). The van der Waals surface area contributed by atoms with Crippen LogP contribution in [0, 0.1) is 0 Å². The van der Waals surface area contributed by atoms with Gasteiger partial charge in [-0.15, -0.1) is 0 Å². The maximum atomic E-state index is 13.3. The second-order valence-electron chi connectivity index (χ2n) is 7.77. The van der Waals surface area contributed by atoms with E-state index in [9.17, 15) is 13.2 Å². The van der Waals surface area contributed by atoms with Crippen LogP contribution >= 0.6 is 0 Å². The molecular weight excluding hydrogens is 440 g/mol. The number of carbonyl (C=O) groups excluding carboxylic acids is 1. The van der Waals surface area contributed by atoms with Crippen LogP contribution in [0.4, 0.5) is 5.69 Å². The fourth-order valence-corrected chi connectivity index (χ4v) is 5.02. The highest BCUT2D eigenvalue weighted by Gasteiger charge is 2.32. The molecular formula is C25H26N2O5S. The van der Waals surface area contributed by atoms with Gasteiger partial charge < -0.3 is 14.8 Å². The number of anilines is 1. The summed E-state index contributed by atoms with van der Waals surface area (Å²) in [4.78, 5) is 15.2. The van der Waals surface area contributed by atoms with Crippen LogP contribution in [0.5, 0.6) is 17.2 Å². The van der Waals surface area contributed by atoms with Gasteiger partial charge in [0.05, 0.1) is 18.6 Å². The summed E-state index contributed by atoms with van der Waals surface area (Å²) < 4.78 is 34.9. The summed E-state index contributed by atoms with van der Waals surface area (Å²) in [6.45, 7) is 0.641. The van der Waals surface area contributed by atoms with Gasteiger partial charge in [-0.25, -0.2) is 8.42 Å². The normalized spacial score (nSPS) is 16.5. The molecule has 0 radical (unpaired) electrons. The predicted octanol–water partition coefficient (Wildman–Crippen LogP) is 3.90. The number of nitrogens with zero attached hydrogens (tertiary/aromatic N) is 1. The number of sulfone groups is 1. The number of nitrogens with one attached hydrogen (secondary N) is 1. The first-order valence-corrected chi connectivity index (χ1v) is 12.5. The Labute approximate surface area is 193 Å². The fourth-order valence-electron chi connectivity index (χ4n) is 3.80. The molecule has 1 unspecified atom stereocenters. The topological polar surface area (TPSA) is 84.9 Å². The zero-order valence-corrected chi connectivity index (χ0v) is 19.1. The van der Waals surface area contributed by atoms with E-state index in [-0.39, 0.29) is 17.4 Å². The van der Waals surface area contributed by atoms with Crippen LogP contribution in [-0.2, 0) is 14.6 Å². The molecule has 3 aromatic carbocycles. The Balaban J connectivity index is 1.48. The molecule has 7 nitrogen and oxygen atoms in total. The van der Waals surface area contributed by atoms with E-state index in [1.807, 2.05) is 59.5 Å². The quantitative estimate of drug-likeness (QED) is 0.569. The number of rotatable bonds is 7. The summed E-state index contributed by atoms with van der Waals surface area (Å²) >= 11 is 0. The first-order chi connectivity index (χ1) is 15.9. The van der Waals surface area contributed by atoms with Gasteiger partial charge in [-0.2, -0.15) is 0 Å². The Morgan fingerprint density at radius 3 is 2.12 bits per heavy atom. The summed E-state index contributed by atoms with van der Waals surface area (Å²) in [5.74, 6) is 1.74. The maximum absolute atomic E-state index is 13.3. The highest BCUT2D eigenvalue weighted by Crippen LogP contribution is 2.31. The summed E-state index contributed by atoms with van der Waals surface area (Å²) in [6, 6.07) is 23.3. The fraction of sp³-hybridized carbons (Fsp3) is 0.240. The van der Waals surface area contributed by atoms with Gasteiger partial charge in [-0.3, -0.25) is 9.69 Å². The molecule has 1 saturated heterocycles. The van der Waals surface area contributed by atoms with Crippen molar-refractivity contribution in [3.8, 4) is 17.2 Å². The number of ether oxygens (including phenoxy) is 2. The van der Waals surface area contributed by atoms with E-state index >= 15 is 0 Å². The van der Waals surface area contributed by atoms with Crippen LogP contribution in [0.2, 0.25) is 0 Å². The molecule has 8 heteroatoms. The summed E-state index contributed by atoms with van der Waals surface area (Å²) in [7, 11) is -1.46. The van der Waals surface area contributed by atoms with Crippen LogP contribution < -0.4 is 14.8 Å². The van der Waals surface area contributed by atoms with Crippen molar-refractivity contribution in [3.05, 3.63) is 84.4 Å². The average molecular weight is 467 g/mol. The SMILES string of the molecule is COc1ccccc1Oc1ccc(NC(=O)C(c2ccccc2)N2CCS(=O)(=O)CC2)cc1. The number of carbonyl (C=O) groups is 1. The maximum Gasteiger partial charge on any atom is 0.246 e. The van der Waals surface area contributed by atoms with Gasteiger partial charge in [0, 0.05) is 18.8 Å². The molecule has 1 fully saturated rings. The van der Waals surface area contributed by atoms with E-state index in [2.05, 4.69) is 5.32 Å². The zero-order chi connectivity index (χ0) is 23.3. The lowest BCUT2D eigenvalue weighted by molar-refractivity contribution is -0.121. The van der Waals surface area contributed by atoms with E-state index < -0.39 is 15.9 Å². The minimum atomic E-state index is -3.05. The molecule has 3 aromatic rings. The largest absolute Gasteiger partial charge is 0.493 e. The van der Waals surface area contributed by atoms with Crippen molar-refractivity contribution in [1.29, 1.82) is 0 Å². The molecule has 0 aromatic heterocycles. The van der Waals surface area contributed by atoms with Gasteiger partial charge in [0.15, 0.2) is 21.3 Å². The second-order valence-corrected chi connectivity index (χ2v) is 10.1. The molecule has 0 saturated carbocycles. The predicted molar refractivity (Wildman–Crippen MR) is 128 cm³/mol. The van der Waals surface area contributed by atoms with Crippen LogP contribution in [0.3, 0.4) is 0 Å². The molecule has 1 N–H and O–H groups in total. The Hall–Kier alpha value is -3.36. The molecule has 0 bridgehead atoms. The van der Waals surface area contributed by atoms with Crippen molar-refractivity contribution in [2.45, 2.75) is 6.04 Å². The van der Waals surface area contributed by atoms with Crippen molar-refractivity contribution in [3.63, 3.8) is 0 Å². The number of benzene rings is 3. The number of hydrogen-bond donors (Lipinski definition) is 1. The monoisotopic (exact) mass is 466 g/mol. The molecule has 1 aliphatic heterocycles. The lowest BCUT2D eigenvalue weighted by Crippen LogP contribution is -2.46. The summed E-state index contributed by atoms with van der Waals surface area (Å²) in [6.07, 6.45) is 0. The van der Waals surface area contributed by atoms with E-state index in [4.69, 9.17) is 9.47 Å². The van der Waals surface area contributed by atoms with E-state index in [0.717, 1.165) is 5.56 Å². The van der Waals surface area contributed by atoms with Crippen LogP contribution in [0.15, 0.2) is 78.9 Å². The van der Waals surface area contributed by atoms with Crippen LogP contribution in [0.1, 0.15) is 11.6 Å². The van der Waals surface area contributed by atoms with Crippen molar-refractivity contribution in [2.75, 3.05) is 37.0 Å². The molecule has 1 heterocycles. The van der Waals surface area contributed by atoms with Crippen molar-refractivity contribution in [1.82, 2.24) is 4.90 Å². The Kier molecular flexibility index (Phi) is 6.96.